The van der Waals surface area contributed by atoms with Gasteiger partial charge in [-0.2, -0.15) is 0 Å². The number of aliphatic carboxylic acids is 1. The molecular formula is C10H9Cl2FN2O3. The van der Waals surface area contributed by atoms with Gasteiger partial charge in [-0.3, -0.25) is 4.79 Å². The third-order valence-electron chi connectivity index (χ3n) is 1.87. The van der Waals surface area contributed by atoms with Gasteiger partial charge < -0.3 is 15.7 Å². The number of urea groups is 1. The molecule has 18 heavy (non-hydrogen) atoms. The molecule has 0 heterocycles. The second-order valence-corrected chi connectivity index (χ2v) is 4.08. The maximum absolute atomic E-state index is 12.9. The first-order valence-electron chi connectivity index (χ1n) is 4.81. The van der Waals surface area contributed by atoms with E-state index >= 15 is 0 Å². The topological polar surface area (TPSA) is 78.4 Å². The second kappa shape index (κ2) is 6.42. The van der Waals surface area contributed by atoms with Gasteiger partial charge >= 0.3 is 12.0 Å². The van der Waals surface area contributed by atoms with Gasteiger partial charge in [0.25, 0.3) is 0 Å². The predicted molar refractivity (Wildman–Crippen MR) is 65.7 cm³/mol. The van der Waals surface area contributed by atoms with Gasteiger partial charge in [-0.05, 0) is 12.1 Å². The summed E-state index contributed by atoms with van der Waals surface area (Å²) in [6, 6.07) is 1.33. The lowest BCUT2D eigenvalue weighted by Crippen LogP contribution is -2.30. The number of benzene rings is 1. The highest BCUT2D eigenvalue weighted by atomic mass is 35.5. The normalized spacial score (nSPS) is 9.94. The van der Waals surface area contributed by atoms with E-state index in [-0.39, 0.29) is 28.7 Å². The lowest BCUT2D eigenvalue weighted by molar-refractivity contribution is -0.136. The van der Waals surface area contributed by atoms with Crippen molar-refractivity contribution in [2.75, 3.05) is 11.9 Å². The van der Waals surface area contributed by atoms with E-state index in [9.17, 15) is 14.0 Å². The average molecular weight is 295 g/mol. The van der Waals surface area contributed by atoms with Crippen LogP contribution in [0.3, 0.4) is 0 Å². The Bertz CT molecular complexity index is 459. The summed E-state index contributed by atoms with van der Waals surface area (Å²) >= 11 is 11.4. The fraction of sp³-hybridized carbons (Fsp3) is 0.200. The summed E-state index contributed by atoms with van der Waals surface area (Å²) in [5.41, 5.74) is 0.0626. The van der Waals surface area contributed by atoms with Crippen molar-refractivity contribution in [1.29, 1.82) is 0 Å². The summed E-state index contributed by atoms with van der Waals surface area (Å²) in [5.74, 6) is -1.66. The van der Waals surface area contributed by atoms with Crippen LogP contribution in [-0.2, 0) is 4.79 Å². The molecule has 0 saturated carbocycles. The van der Waals surface area contributed by atoms with Crippen molar-refractivity contribution >= 4 is 40.9 Å². The molecule has 3 N–H and O–H groups in total. The molecular weight excluding hydrogens is 286 g/mol. The van der Waals surface area contributed by atoms with Crippen molar-refractivity contribution in [2.45, 2.75) is 6.42 Å². The van der Waals surface area contributed by atoms with Gasteiger partial charge in [-0.15, -0.1) is 0 Å². The molecule has 0 aliphatic heterocycles. The van der Waals surface area contributed by atoms with Crippen LogP contribution >= 0.6 is 23.2 Å². The molecule has 0 bridgehead atoms. The van der Waals surface area contributed by atoms with Gasteiger partial charge in [0, 0.05) is 6.54 Å². The van der Waals surface area contributed by atoms with Crippen molar-refractivity contribution in [2.24, 2.45) is 0 Å². The van der Waals surface area contributed by atoms with Crippen LogP contribution in [0.15, 0.2) is 12.1 Å². The molecule has 0 fully saturated rings. The highest BCUT2D eigenvalue weighted by molar-refractivity contribution is 6.39. The molecule has 0 aliphatic carbocycles. The van der Waals surface area contributed by atoms with Crippen molar-refractivity contribution in [1.82, 2.24) is 5.32 Å². The van der Waals surface area contributed by atoms with Crippen LogP contribution in [-0.4, -0.2) is 23.7 Å². The van der Waals surface area contributed by atoms with E-state index in [0.717, 1.165) is 12.1 Å². The Labute approximate surface area is 112 Å². The molecule has 8 heteroatoms. The summed E-state index contributed by atoms with van der Waals surface area (Å²) in [4.78, 5) is 21.6. The number of anilines is 1. The number of hydrogen-bond acceptors (Lipinski definition) is 2. The number of carbonyl (C=O) groups excluding carboxylic acids is 1. The van der Waals surface area contributed by atoms with E-state index in [1.807, 2.05) is 0 Å². The van der Waals surface area contributed by atoms with Crippen molar-refractivity contribution in [3.63, 3.8) is 0 Å². The number of hydrogen-bond donors (Lipinski definition) is 3. The number of halogens is 3. The number of carbonyl (C=O) groups is 2. The van der Waals surface area contributed by atoms with Gasteiger partial charge in [0.15, 0.2) is 0 Å². The SMILES string of the molecule is O=C(O)CCNC(=O)Nc1c(Cl)cc(F)cc1Cl. The van der Waals surface area contributed by atoms with E-state index in [1.54, 1.807) is 0 Å². The third-order valence-corrected chi connectivity index (χ3v) is 2.47. The predicted octanol–water partition coefficient (Wildman–Crippen LogP) is 2.73. The van der Waals surface area contributed by atoms with E-state index in [1.165, 1.54) is 0 Å². The molecule has 0 atom stereocenters. The summed E-state index contributed by atoms with van der Waals surface area (Å²) in [5, 5.41) is 12.9. The molecule has 0 spiro atoms. The zero-order valence-electron chi connectivity index (χ0n) is 8.97. The van der Waals surface area contributed by atoms with Crippen molar-refractivity contribution in [3.8, 4) is 0 Å². The maximum atomic E-state index is 12.9. The van der Waals surface area contributed by atoms with Crippen LogP contribution in [0.2, 0.25) is 10.0 Å². The minimum atomic E-state index is -1.03. The first-order valence-corrected chi connectivity index (χ1v) is 5.57. The number of carboxylic acid groups (broad SMARTS) is 1. The number of nitrogens with one attached hydrogen (secondary N) is 2. The van der Waals surface area contributed by atoms with Crippen LogP contribution in [0.4, 0.5) is 14.9 Å². The number of rotatable bonds is 4. The second-order valence-electron chi connectivity index (χ2n) is 3.27. The minimum absolute atomic E-state index is 0.0440. The van der Waals surface area contributed by atoms with Crippen LogP contribution in [0.1, 0.15) is 6.42 Å². The molecule has 0 aliphatic rings. The van der Waals surface area contributed by atoms with Crippen molar-refractivity contribution in [3.05, 3.63) is 28.0 Å². The number of amides is 2. The standard InChI is InChI=1S/C10H9Cl2FN2O3/c11-6-3-5(13)4-7(12)9(6)15-10(18)14-2-1-8(16)17/h3-4H,1-2H2,(H,16,17)(H2,14,15,18). The molecule has 1 aromatic rings. The Hall–Kier alpha value is -1.53. The summed E-state index contributed by atoms with van der Waals surface area (Å²) in [7, 11) is 0. The van der Waals surface area contributed by atoms with E-state index in [4.69, 9.17) is 28.3 Å². The maximum Gasteiger partial charge on any atom is 0.319 e. The van der Waals surface area contributed by atoms with Crippen LogP contribution in [0, 0.1) is 5.82 Å². The summed E-state index contributed by atoms with van der Waals surface area (Å²) in [6.07, 6.45) is -0.210. The molecule has 0 saturated heterocycles. The largest absolute Gasteiger partial charge is 0.481 e. The monoisotopic (exact) mass is 294 g/mol. The Kier molecular flexibility index (Phi) is 5.18. The molecule has 1 aromatic carbocycles. The summed E-state index contributed by atoms with van der Waals surface area (Å²) in [6.45, 7) is -0.0440. The fourth-order valence-electron chi connectivity index (χ4n) is 1.10. The molecule has 0 unspecified atom stereocenters. The van der Waals surface area contributed by atoms with Gasteiger partial charge in [0.2, 0.25) is 0 Å². The van der Waals surface area contributed by atoms with Crippen LogP contribution in [0.25, 0.3) is 0 Å². The van der Waals surface area contributed by atoms with E-state index < -0.39 is 17.8 Å². The Morgan fingerprint density at radius 2 is 1.83 bits per heavy atom. The van der Waals surface area contributed by atoms with Crippen LogP contribution in [0.5, 0.6) is 0 Å². The van der Waals surface area contributed by atoms with Crippen LogP contribution < -0.4 is 10.6 Å². The zero-order chi connectivity index (χ0) is 13.7. The van der Waals surface area contributed by atoms with Gasteiger partial charge in [0.05, 0.1) is 22.2 Å². The molecule has 0 aromatic heterocycles. The lowest BCUT2D eigenvalue weighted by atomic mass is 10.3. The third kappa shape index (κ3) is 4.38. The summed E-state index contributed by atoms with van der Waals surface area (Å²) < 4.78 is 12.9. The Morgan fingerprint density at radius 1 is 1.28 bits per heavy atom. The molecule has 0 radical (unpaired) electrons. The van der Waals surface area contributed by atoms with E-state index in [2.05, 4.69) is 10.6 Å². The lowest BCUT2D eigenvalue weighted by Gasteiger charge is -2.10. The van der Waals surface area contributed by atoms with Crippen molar-refractivity contribution < 1.29 is 19.1 Å². The number of carboxylic acids is 1. The van der Waals surface area contributed by atoms with E-state index in [0.29, 0.717) is 0 Å². The molecule has 5 nitrogen and oxygen atoms in total. The van der Waals surface area contributed by atoms with Gasteiger partial charge in [-0.25, -0.2) is 9.18 Å². The highest BCUT2D eigenvalue weighted by Gasteiger charge is 2.11. The van der Waals surface area contributed by atoms with Gasteiger partial charge in [0.1, 0.15) is 5.82 Å². The smallest absolute Gasteiger partial charge is 0.319 e. The Morgan fingerprint density at radius 3 is 2.33 bits per heavy atom. The minimum Gasteiger partial charge on any atom is -0.481 e. The first-order chi connectivity index (χ1) is 8.40. The molecule has 1 rings (SSSR count). The zero-order valence-corrected chi connectivity index (χ0v) is 10.5. The highest BCUT2D eigenvalue weighted by Crippen LogP contribution is 2.31. The molecule has 98 valence electrons. The quantitative estimate of drug-likeness (QED) is 0.799. The van der Waals surface area contributed by atoms with Gasteiger partial charge in [-0.1, -0.05) is 23.2 Å². The molecule has 2 amide bonds. The average Bonchev–Trinajstić information content (AvgIpc) is 2.22. The Balaban J connectivity index is 2.62. The fourth-order valence-corrected chi connectivity index (χ4v) is 1.66. The first kappa shape index (κ1) is 14.5.